The van der Waals surface area contributed by atoms with Crippen LogP contribution in [-0.4, -0.2) is 36.2 Å². The molecule has 7 nitrogen and oxygen atoms in total. The van der Waals surface area contributed by atoms with Crippen LogP contribution in [0.3, 0.4) is 0 Å². The van der Waals surface area contributed by atoms with Crippen molar-refractivity contribution >= 4 is 51.0 Å². The van der Waals surface area contributed by atoms with E-state index < -0.39 is 22.9 Å². The summed E-state index contributed by atoms with van der Waals surface area (Å²) in [5, 5.41) is 6.92. The van der Waals surface area contributed by atoms with Crippen LogP contribution in [0.2, 0.25) is 5.02 Å². The molecule has 0 spiro atoms. The average Bonchev–Trinajstić information content (AvgIpc) is 3.55. The van der Waals surface area contributed by atoms with Gasteiger partial charge >= 0.3 is 6.18 Å². The molecule has 4 aromatic rings. The Kier molecular flexibility index (Phi) is 5.89. The fourth-order valence-electron chi connectivity index (χ4n) is 3.86. The van der Waals surface area contributed by atoms with Gasteiger partial charge in [-0.15, -0.1) is 0 Å². The van der Waals surface area contributed by atoms with Crippen LogP contribution in [0.5, 0.6) is 0 Å². The minimum atomic E-state index is -4.65. The molecule has 5 rings (SSSR count). The number of allylic oxidation sites excluding steroid dienone is 1. The number of fused-ring (bicyclic) bond motifs is 1. The number of hydrogen-bond donors (Lipinski definition) is 2. The lowest BCUT2D eigenvalue weighted by molar-refractivity contribution is -0.138. The van der Waals surface area contributed by atoms with Gasteiger partial charge in [0.15, 0.2) is 0 Å². The van der Waals surface area contributed by atoms with E-state index in [2.05, 4.69) is 20.2 Å². The molecule has 2 aromatic carbocycles. The molecule has 2 aromatic heterocycles. The van der Waals surface area contributed by atoms with Crippen LogP contribution in [0.1, 0.15) is 22.4 Å². The zero-order valence-electron chi connectivity index (χ0n) is 17.7. The van der Waals surface area contributed by atoms with Gasteiger partial charge in [-0.05, 0) is 59.1 Å². The number of imide groups is 1. The van der Waals surface area contributed by atoms with Crippen molar-refractivity contribution in [1.29, 1.82) is 0 Å². The number of thioether (sulfide) groups is 1. The first kappa shape index (κ1) is 23.2. The number of H-pyrrole nitrogens is 2. The van der Waals surface area contributed by atoms with E-state index >= 15 is 0 Å². The van der Waals surface area contributed by atoms with Crippen LogP contribution in [0.4, 0.5) is 18.0 Å². The number of nitrogens with one attached hydrogen (secondary N) is 2. The third-order valence-electron chi connectivity index (χ3n) is 5.53. The van der Waals surface area contributed by atoms with Gasteiger partial charge in [-0.3, -0.25) is 19.6 Å². The molecule has 1 aliphatic heterocycles. The number of nitrogens with zero attached hydrogens (tertiary/aromatic N) is 3. The smallest absolute Gasteiger partial charge is 0.351 e. The van der Waals surface area contributed by atoms with Gasteiger partial charge in [-0.1, -0.05) is 23.7 Å². The van der Waals surface area contributed by atoms with Crippen molar-refractivity contribution in [2.75, 3.05) is 0 Å². The van der Waals surface area contributed by atoms with E-state index in [-0.39, 0.29) is 28.5 Å². The lowest BCUT2D eigenvalue weighted by atomic mass is 9.93. The number of carbonyl (C=O) groups excluding carboxylic acids is 2. The number of amides is 2. The highest BCUT2D eigenvalue weighted by atomic mass is 35.5. The summed E-state index contributed by atoms with van der Waals surface area (Å²) in [6.07, 6.45) is -0.339. The fraction of sp³-hybridized carbons (Fsp3) is 0.130. The Morgan fingerprint density at radius 3 is 2.71 bits per heavy atom. The second-order valence-electron chi connectivity index (χ2n) is 7.78. The monoisotopic (exact) mass is 517 g/mol. The van der Waals surface area contributed by atoms with Crippen molar-refractivity contribution < 1.29 is 22.8 Å². The Labute approximate surface area is 205 Å². The molecule has 178 valence electrons. The lowest BCUT2D eigenvalue weighted by Gasteiger charge is -2.17. The molecule has 0 aliphatic carbocycles. The molecule has 0 bridgehead atoms. The van der Waals surface area contributed by atoms with Gasteiger partial charge in [0.1, 0.15) is 0 Å². The van der Waals surface area contributed by atoms with Gasteiger partial charge in [0.05, 0.1) is 40.7 Å². The fourth-order valence-corrected chi connectivity index (χ4v) is 4.97. The number of carbonyl (C=O) groups is 2. The van der Waals surface area contributed by atoms with Crippen molar-refractivity contribution in [2.24, 2.45) is 0 Å². The minimum absolute atomic E-state index is 0.0539. The zero-order chi connectivity index (χ0) is 24.7. The Bertz CT molecular complexity index is 1480. The third-order valence-corrected chi connectivity index (χ3v) is 6.79. The van der Waals surface area contributed by atoms with Gasteiger partial charge in [-0.25, -0.2) is 4.98 Å². The summed E-state index contributed by atoms with van der Waals surface area (Å²) >= 11 is 6.54. The zero-order valence-corrected chi connectivity index (χ0v) is 19.3. The number of imidazole rings is 1. The Balaban J connectivity index is 1.63. The maximum Gasteiger partial charge on any atom is 0.416 e. The summed E-state index contributed by atoms with van der Waals surface area (Å²) in [6, 6.07) is 8.64. The lowest BCUT2D eigenvalue weighted by Crippen LogP contribution is -2.28. The largest absolute Gasteiger partial charge is 0.416 e. The summed E-state index contributed by atoms with van der Waals surface area (Å²) in [5.74, 6) is -0.590. The van der Waals surface area contributed by atoms with Crippen LogP contribution < -0.4 is 0 Å². The molecule has 1 saturated heterocycles. The van der Waals surface area contributed by atoms with Crippen molar-refractivity contribution in [2.45, 2.75) is 19.1 Å². The van der Waals surface area contributed by atoms with Crippen molar-refractivity contribution in [1.82, 2.24) is 25.1 Å². The molecule has 0 atom stereocenters. The van der Waals surface area contributed by atoms with Crippen LogP contribution in [0.15, 0.2) is 60.0 Å². The van der Waals surface area contributed by atoms with Crippen LogP contribution in [0, 0.1) is 0 Å². The normalized spacial score (nSPS) is 15.9. The SMILES string of the molecule is O=C1S/C(=C(/Cc2ccc(Cl)cc2C(F)(F)F)c2ccc3[nH]ncc3c2)C(=O)N1Cc1c[nH]cn1. The first-order valence-corrected chi connectivity index (χ1v) is 11.4. The van der Waals surface area contributed by atoms with Crippen molar-refractivity contribution in [3.05, 3.63) is 87.4 Å². The molecule has 1 fully saturated rings. The van der Waals surface area contributed by atoms with Gasteiger partial charge in [0.25, 0.3) is 11.1 Å². The standard InChI is InChI=1S/C23H15ClF3N5O2S/c24-15-3-1-13(18(7-15)23(25,26)27)6-17(12-2-4-19-14(5-12)8-30-31-19)20-21(33)32(22(34)35-20)10-16-9-28-11-29-16/h1-5,7-9,11H,6,10H2,(H,28,29)(H,30,31)/b20-17-. The average molecular weight is 518 g/mol. The van der Waals surface area contributed by atoms with E-state index in [1.807, 2.05) is 0 Å². The number of hydrogen-bond acceptors (Lipinski definition) is 5. The van der Waals surface area contributed by atoms with Crippen molar-refractivity contribution in [3.63, 3.8) is 0 Å². The minimum Gasteiger partial charge on any atom is -0.351 e. The quantitative estimate of drug-likeness (QED) is 0.326. The molecule has 3 heterocycles. The number of rotatable bonds is 5. The summed E-state index contributed by atoms with van der Waals surface area (Å²) in [5.41, 5.74) is 1.04. The molecular formula is C23H15ClF3N5O2S. The van der Waals surface area contributed by atoms with E-state index in [9.17, 15) is 22.8 Å². The van der Waals surface area contributed by atoms with Crippen LogP contribution in [0.25, 0.3) is 16.5 Å². The first-order valence-electron chi connectivity index (χ1n) is 10.2. The highest BCUT2D eigenvalue weighted by molar-refractivity contribution is 8.18. The molecule has 35 heavy (non-hydrogen) atoms. The predicted octanol–water partition coefficient (Wildman–Crippen LogP) is 5.81. The molecule has 0 saturated carbocycles. The number of aromatic amines is 2. The predicted molar refractivity (Wildman–Crippen MR) is 125 cm³/mol. The Morgan fingerprint density at radius 2 is 1.97 bits per heavy atom. The maximum absolute atomic E-state index is 13.8. The molecule has 0 radical (unpaired) electrons. The maximum atomic E-state index is 13.8. The number of aromatic nitrogens is 4. The van der Waals surface area contributed by atoms with Crippen molar-refractivity contribution in [3.8, 4) is 0 Å². The second-order valence-corrected chi connectivity index (χ2v) is 9.17. The van der Waals surface area contributed by atoms with Gasteiger partial charge in [0, 0.05) is 16.6 Å². The molecule has 0 unspecified atom stereocenters. The van der Waals surface area contributed by atoms with Gasteiger partial charge in [-0.2, -0.15) is 18.3 Å². The molecule has 2 N–H and O–H groups in total. The Morgan fingerprint density at radius 1 is 1.14 bits per heavy atom. The number of halogens is 4. The number of benzene rings is 2. The molecule has 12 heteroatoms. The van der Waals surface area contributed by atoms with E-state index in [1.54, 1.807) is 30.6 Å². The summed E-state index contributed by atoms with van der Waals surface area (Å²) in [4.78, 5) is 34.0. The van der Waals surface area contributed by atoms with E-state index in [0.29, 0.717) is 34.0 Å². The molecule has 2 amide bonds. The van der Waals surface area contributed by atoms with Gasteiger partial charge in [0.2, 0.25) is 0 Å². The summed E-state index contributed by atoms with van der Waals surface area (Å²) in [7, 11) is 0. The van der Waals surface area contributed by atoms with E-state index in [4.69, 9.17) is 11.6 Å². The van der Waals surface area contributed by atoms with Crippen LogP contribution in [-0.2, 0) is 23.9 Å². The molecule has 1 aliphatic rings. The van der Waals surface area contributed by atoms with Crippen LogP contribution >= 0.6 is 23.4 Å². The van der Waals surface area contributed by atoms with E-state index in [0.717, 1.165) is 16.5 Å². The first-order chi connectivity index (χ1) is 16.7. The molecular weight excluding hydrogens is 503 g/mol. The summed E-state index contributed by atoms with van der Waals surface area (Å²) in [6.45, 7) is -0.0551. The Hall–Kier alpha value is -3.57. The highest BCUT2D eigenvalue weighted by Gasteiger charge is 2.39. The van der Waals surface area contributed by atoms with Gasteiger partial charge < -0.3 is 4.98 Å². The topological polar surface area (TPSA) is 94.7 Å². The summed E-state index contributed by atoms with van der Waals surface area (Å²) < 4.78 is 41.4. The van der Waals surface area contributed by atoms with E-state index in [1.165, 1.54) is 18.5 Å². The second kappa shape index (κ2) is 8.90. The number of alkyl halides is 3. The highest BCUT2D eigenvalue weighted by Crippen LogP contribution is 2.41. The third kappa shape index (κ3) is 4.56.